The van der Waals surface area contributed by atoms with Gasteiger partial charge in [0.1, 0.15) is 18.9 Å². The van der Waals surface area contributed by atoms with E-state index in [-0.39, 0.29) is 12.2 Å². The lowest BCUT2D eigenvalue weighted by Crippen LogP contribution is -2.60. The summed E-state index contributed by atoms with van der Waals surface area (Å²) in [6.07, 6.45) is 0. The minimum absolute atomic E-state index is 0.0242. The van der Waals surface area contributed by atoms with E-state index < -0.39 is 30.2 Å². The summed E-state index contributed by atoms with van der Waals surface area (Å²) in [5.74, 6) is -1.66. The predicted octanol–water partition coefficient (Wildman–Crippen LogP) is 2.39. The number of hydrogen-bond donors (Lipinski definition) is 2. The second-order valence-corrected chi connectivity index (χ2v) is 5.92. The van der Waals surface area contributed by atoms with Gasteiger partial charge in [0, 0.05) is 10.7 Å². The fraction of sp³-hybridized carbons (Fsp3) is 0.118. The van der Waals surface area contributed by atoms with Crippen LogP contribution in [-0.2, 0) is 9.59 Å². The number of benzene rings is 2. The van der Waals surface area contributed by atoms with Crippen molar-refractivity contribution in [3.05, 3.63) is 59.4 Å². The lowest BCUT2D eigenvalue weighted by atomic mass is 10.2. The normalized spacial score (nSPS) is 14.4. The van der Waals surface area contributed by atoms with E-state index in [4.69, 9.17) is 11.6 Å². The van der Waals surface area contributed by atoms with Gasteiger partial charge in [-0.1, -0.05) is 23.7 Å². The standard InChI is InChI=1S/C17H14ClFN4O3/c18-11-5-7-12(8-6-11)20-17(26)21-23-10-15(24)22(9-16(23)25)14-4-2-1-3-13(14)19/h1-8H,9-10H2,(H2,20,21,26). The number of carbonyl (C=O) groups is 3. The Morgan fingerprint density at radius 3 is 2.38 bits per heavy atom. The topological polar surface area (TPSA) is 81.8 Å². The Balaban J connectivity index is 1.63. The minimum Gasteiger partial charge on any atom is -0.307 e. The number of halogens is 2. The molecule has 2 aromatic carbocycles. The molecule has 1 aliphatic heterocycles. The van der Waals surface area contributed by atoms with E-state index in [2.05, 4.69) is 10.7 Å². The summed E-state index contributed by atoms with van der Waals surface area (Å²) < 4.78 is 13.8. The van der Waals surface area contributed by atoms with Crippen LogP contribution in [0.15, 0.2) is 48.5 Å². The summed E-state index contributed by atoms with van der Waals surface area (Å²) >= 11 is 5.76. The molecule has 1 heterocycles. The average Bonchev–Trinajstić information content (AvgIpc) is 2.60. The molecule has 0 atom stereocenters. The summed E-state index contributed by atoms with van der Waals surface area (Å²) in [5.41, 5.74) is 2.80. The summed E-state index contributed by atoms with van der Waals surface area (Å²) in [5, 5.41) is 3.92. The third kappa shape index (κ3) is 3.92. The fourth-order valence-electron chi connectivity index (χ4n) is 2.42. The number of amides is 4. The molecule has 0 radical (unpaired) electrons. The molecule has 0 saturated carbocycles. The molecule has 0 aromatic heterocycles. The molecule has 26 heavy (non-hydrogen) atoms. The number of rotatable bonds is 3. The SMILES string of the molecule is O=C(Nc1ccc(Cl)cc1)NN1CC(=O)N(c2ccccc2F)CC1=O. The largest absolute Gasteiger partial charge is 0.338 e. The molecule has 3 rings (SSSR count). The van der Waals surface area contributed by atoms with Crippen LogP contribution in [0.25, 0.3) is 0 Å². The van der Waals surface area contributed by atoms with Crippen LogP contribution in [0.5, 0.6) is 0 Å². The van der Waals surface area contributed by atoms with Gasteiger partial charge in [0.25, 0.3) is 5.91 Å². The number of piperazine rings is 1. The highest BCUT2D eigenvalue weighted by atomic mass is 35.5. The van der Waals surface area contributed by atoms with Gasteiger partial charge >= 0.3 is 6.03 Å². The number of hydrazine groups is 1. The second kappa shape index (κ2) is 7.40. The van der Waals surface area contributed by atoms with Gasteiger partial charge in [0.05, 0.1) is 5.69 Å². The number of nitrogens with one attached hydrogen (secondary N) is 2. The van der Waals surface area contributed by atoms with Gasteiger partial charge in [0.15, 0.2) is 0 Å². The first-order valence-electron chi connectivity index (χ1n) is 7.62. The first-order valence-corrected chi connectivity index (χ1v) is 8.00. The van der Waals surface area contributed by atoms with E-state index in [9.17, 15) is 18.8 Å². The van der Waals surface area contributed by atoms with E-state index in [1.807, 2.05) is 0 Å². The Bertz CT molecular complexity index is 859. The van der Waals surface area contributed by atoms with Crippen molar-refractivity contribution in [3.63, 3.8) is 0 Å². The van der Waals surface area contributed by atoms with Gasteiger partial charge in [-0.15, -0.1) is 0 Å². The van der Waals surface area contributed by atoms with Crippen molar-refractivity contribution in [2.24, 2.45) is 0 Å². The molecule has 0 spiro atoms. The third-order valence-corrected chi connectivity index (χ3v) is 3.92. The molecule has 0 aliphatic carbocycles. The van der Waals surface area contributed by atoms with Crippen molar-refractivity contribution in [2.45, 2.75) is 0 Å². The Kier molecular flexibility index (Phi) is 5.04. The highest BCUT2D eigenvalue weighted by Crippen LogP contribution is 2.21. The maximum absolute atomic E-state index is 13.8. The van der Waals surface area contributed by atoms with E-state index in [0.29, 0.717) is 10.7 Å². The molecule has 0 bridgehead atoms. The fourth-order valence-corrected chi connectivity index (χ4v) is 2.55. The Morgan fingerprint density at radius 2 is 1.69 bits per heavy atom. The van der Waals surface area contributed by atoms with Crippen LogP contribution in [0.3, 0.4) is 0 Å². The maximum Gasteiger partial charge on any atom is 0.338 e. The van der Waals surface area contributed by atoms with E-state index in [1.165, 1.54) is 18.2 Å². The van der Waals surface area contributed by atoms with Crippen molar-refractivity contribution in [3.8, 4) is 0 Å². The van der Waals surface area contributed by atoms with Crippen molar-refractivity contribution >= 4 is 40.8 Å². The van der Waals surface area contributed by atoms with Crippen LogP contribution < -0.4 is 15.6 Å². The molecular formula is C17H14ClFN4O3. The van der Waals surface area contributed by atoms with Crippen LogP contribution in [-0.4, -0.2) is 35.9 Å². The summed E-state index contributed by atoms with van der Waals surface area (Å²) in [6.45, 7) is -0.776. The van der Waals surface area contributed by atoms with Gasteiger partial charge in [-0.3, -0.25) is 14.5 Å². The zero-order chi connectivity index (χ0) is 18.7. The Hall–Kier alpha value is -3.13. The predicted molar refractivity (Wildman–Crippen MR) is 94.1 cm³/mol. The first kappa shape index (κ1) is 17.7. The number of urea groups is 1. The zero-order valence-electron chi connectivity index (χ0n) is 13.4. The molecule has 1 aliphatic rings. The van der Waals surface area contributed by atoms with Crippen molar-refractivity contribution in [1.29, 1.82) is 0 Å². The highest BCUT2D eigenvalue weighted by molar-refractivity contribution is 6.30. The van der Waals surface area contributed by atoms with Gasteiger partial charge in [0.2, 0.25) is 5.91 Å². The van der Waals surface area contributed by atoms with Crippen molar-refractivity contribution in [2.75, 3.05) is 23.3 Å². The van der Waals surface area contributed by atoms with Crippen molar-refractivity contribution in [1.82, 2.24) is 10.4 Å². The van der Waals surface area contributed by atoms with E-state index in [1.54, 1.807) is 30.3 Å². The molecule has 7 nitrogen and oxygen atoms in total. The zero-order valence-corrected chi connectivity index (χ0v) is 14.2. The van der Waals surface area contributed by atoms with Crippen LogP contribution in [0.1, 0.15) is 0 Å². The van der Waals surface area contributed by atoms with Crippen LogP contribution in [0.2, 0.25) is 5.02 Å². The number of nitrogens with zero attached hydrogens (tertiary/aromatic N) is 2. The molecule has 2 N–H and O–H groups in total. The number of hydrogen-bond acceptors (Lipinski definition) is 3. The van der Waals surface area contributed by atoms with E-state index in [0.717, 1.165) is 9.91 Å². The highest BCUT2D eigenvalue weighted by Gasteiger charge is 2.33. The monoisotopic (exact) mass is 376 g/mol. The lowest BCUT2D eigenvalue weighted by molar-refractivity contribution is -0.140. The van der Waals surface area contributed by atoms with Gasteiger partial charge in [-0.05, 0) is 36.4 Å². The minimum atomic E-state index is -0.687. The number of para-hydroxylation sites is 1. The molecule has 0 unspecified atom stereocenters. The summed E-state index contributed by atoms with van der Waals surface area (Å²) in [6, 6.07) is 11.4. The quantitative estimate of drug-likeness (QED) is 0.863. The molecule has 1 saturated heterocycles. The second-order valence-electron chi connectivity index (χ2n) is 5.48. The van der Waals surface area contributed by atoms with Crippen LogP contribution in [0.4, 0.5) is 20.6 Å². The van der Waals surface area contributed by atoms with Gasteiger partial charge < -0.3 is 5.32 Å². The number of anilines is 2. The van der Waals surface area contributed by atoms with Gasteiger partial charge in [-0.2, -0.15) is 0 Å². The van der Waals surface area contributed by atoms with E-state index >= 15 is 0 Å². The van der Waals surface area contributed by atoms with Gasteiger partial charge in [-0.25, -0.2) is 19.6 Å². The molecule has 134 valence electrons. The third-order valence-electron chi connectivity index (χ3n) is 3.67. The molecule has 4 amide bonds. The van der Waals surface area contributed by atoms with Crippen molar-refractivity contribution < 1.29 is 18.8 Å². The van der Waals surface area contributed by atoms with Crippen LogP contribution >= 0.6 is 11.6 Å². The average molecular weight is 377 g/mol. The summed E-state index contributed by atoms with van der Waals surface area (Å²) in [4.78, 5) is 37.5. The first-order chi connectivity index (χ1) is 12.4. The Labute approximate surface area is 153 Å². The molecule has 2 aromatic rings. The maximum atomic E-state index is 13.8. The Morgan fingerprint density at radius 1 is 1.00 bits per heavy atom. The molecule has 1 fully saturated rings. The molecular weight excluding hydrogens is 363 g/mol. The van der Waals surface area contributed by atoms with Crippen LogP contribution in [0, 0.1) is 5.82 Å². The lowest BCUT2D eigenvalue weighted by Gasteiger charge is -2.33. The molecule has 9 heteroatoms. The smallest absolute Gasteiger partial charge is 0.307 e. The number of carbonyl (C=O) groups excluding carboxylic acids is 3. The summed E-state index contributed by atoms with van der Waals surface area (Å²) in [7, 11) is 0.